The van der Waals surface area contributed by atoms with Gasteiger partial charge in [0, 0.05) is 17.8 Å². The second kappa shape index (κ2) is 9.77. The first kappa shape index (κ1) is 22.4. The fourth-order valence-electron chi connectivity index (χ4n) is 3.94. The van der Waals surface area contributed by atoms with Crippen molar-refractivity contribution in [2.24, 2.45) is 0 Å². The van der Waals surface area contributed by atoms with Gasteiger partial charge >= 0.3 is 6.03 Å². The molecule has 2 amide bonds. The van der Waals surface area contributed by atoms with Crippen LogP contribution in [0.2, 0.25) is 0 Å². The Morgan fingerprint density at radius 3 is 2.61 bits per heavy atom. The molecule has 3 aromatic rings. The number of amides is 2. The maximum Gasteiger partial charge on any atom is 0.322 e. The Bertz CT molecular complexity index is 1150. The number of ether oxygens (including phenoxy) is 2. The Hall–Kier alpha value is -3.81. The van der Waals surface area contributed by atoms with Gasteiger partial charge in [0.05, 0.1) is 25.3 Å². The second-order valence-electron chi connectivity index (χ2n) is 7.69. The third kappa shape index (κ3) is 4.55. The van der Waals surface area contributed by atoms with Crippen LogP contribution in [-0.4, -0.2) is 41.3 Å². The first-order valence-electron chi connectivity index (χ1n) is 11.1. The summed E-state index contributed by atoms with van der Waals surface area (Å²) in [4.78, 5) is 19.3. The molecule has 1 N–H and O–H groups in total. The first-order valence-corrected chi connectivity index (χ1v) is 11.1. The van der Waals surface area contributed by atoms with E-state index in [-0.39, 0.29) is 6.03 Å². The summed E-state index contributed by atoms with van der Waals surface area (Å²) in [7, 11) is 1.61. The van der Waals surface area contributed by atoms with Gasteiger partial charge in [0.15, 0.2) is 0 Å². The molecule has 0 radical (unpaired) electrons. The number of carbonyl (C=O) groups is 1. The number of allylic oxidation sites excluding steroid dienone is 1. The van der Waals surface area contributed by atoms with Crippen molar-refractivity contribution >= 4 is 11.6 Å². The lowest BCUT2D eigenvalue weighted by Crippen LogP contribution is -2.46. The molecule has 4 rings (SSSR count). The van der Waals surface area contributed by atoms with Crippen LogP contribution in [0.25, 0.3) is 17.0 Å². The number of benzene rings is 2. The van der Waals surface area contributed by atoms with Crippen molar-refractivity contribution in [3.63, 3.8) is 0 Å². The van der Waals surface area contributed by atoms with Gasteiger partial charge in [0.2, 0.25) is 5.82 Å². The summed E-state index contributed by atoms with van der Waals surface area (Å²) in [6, 6.07) is 14.6. The van der Waals surface area contributed by atoms with E-state index >= 15 is 0 Å². The molecule has 0 aliphatic carbocycles. The Labute approximate surface area is 193 Å². The molecule has 0 saturated heterocycles. The van der Waals surface area contributed by atoms with Gasteiger partial charge in [-0.3, -0.25) is 4.90 Å². The predicted octanol–water partition coefficient (Wildman–Crippen LogP) is 5.05. The highest BCUT2D eigenvalue weighted by Gasteiger charge is 2.35. The average Bonchev–Trinajstić information content (AvgIpc) is 3.32. The fraction of sp³-hybridized carbons (Fsp3) is 0.320. The van der Waals surface area contributed by atoms with E-state index in [2.05, 4.69) is 15.5 Å². The molecule has 2 aromatic carbocycles. The molecule has 8 heteroatoms. The van der Waals surface area contributed by atoms with E-state index in [0.717, 1.165) is 34.6 Å². The molecule has 1 aromatic heterocycles. The van der Waals surface area contributed by atoms with Gasteiger partial charge in [0.1, 0.15) is 11.5 Å². The number of nitrogens with zero attached hydrogens (tertiary/aromatic N) is 3. The highest BCUT2D eigenvalue weighted by atomic mass is 16.5. The largest absolute Gasteiger partial charge is 0.497 e. The van der Waals surface area contributed by atoms with Crippen LogP contribution >= 0.6 is 0 Å². The zero-order valence-electron chi connectivity index (χ0n) is 19.3. The van der Waals surface area contributed by atoms with Gasteiger partial charge < -0.3 is 19.3 Å². The molecule has 2 heterocycles. The molecule has 0 fully saturated rings. The molecule has 33 heavy (non-hydrogen) atoms. The normalized spacial score (nSPS) is 16.1. The second-order valence-corrected chi connectivity index (χ2v) is 7.69. The molecule has 172 valence electrons. The Balaban J connectivity index is 1.77. The van der Waals surface area contributed by atoms with Gasteiger partial charge in [-0.15, -0.1) is 0 Å². The molecular formula is C25H28N4O4. The van der Waals surface area contributed by atoms with Crippen LogP contribution < -0.4 is 14.8 Å². The monoisotopic (exact) mass is 448 g/mol. The minimum atomic E-state index is -0.431. The standard InChI is InChI=1S/C25H28N4O4/c1-5-14-29-16(3)21(22(26-25(29)30)17-10-12-19(13-11-17)32-6-2)24-27-23(28-33-24)18-8-7-9-20(15-18)31-4/h7-13,15,22H,5-6,14H2,1-4H3,(H,26,30). The molecule has 0 spiro atoms. The third-order valence-corrected chi connectivity index (χ3v) is 5.55. The lowest BCUT2D eigenvalue weighted by atomic mass is 9.94. The predicted molar refractivity (Wildman–Crippen MR) is 125 cm³/mol. The van der Waals surface area contributed by atoms with E-state index < -0.39 is 6.04 Å². The Kier molecular flexibility index (Phi) is 6.63. The molecule has 1 atom stereocenters. The highest BCUT2D eigenvalue weighted by Crippen LogP contribution is 2.38. The number of methoxy groups -OCH3 is 1. The third-order valence-electron chi connectivity index (χ3n) is 5.55. The molecule has 1 unspecified atom stereocenters. The van der Waals surface area contributed by atoms with Crippen LogP contribution in [0.1, 0.15) is 44.7 Å². The first-order chi connectivity index (χ1) is 16.0. The van der Waals surface area contributed by atoms with Gasteiger partial charge in [-0.1, -0.05) is 36.3 Å². The van der Waals surface area contributed by atoms with Crippen LogP contribution in [0.15, 0.2) is 58.8 Å². The van der Waals surface area contributed by atoms with E-state index in [4.69, 9.17) is 14.0 Å². The van der Waals surface area contributed by atoms with E-state index in [1.165, 1.54) is 0 Å². The number of urea groups is 1. The maximum absolute atomic E-state index is 12.9. The van der Waals surface area contributed by atoms with Crippen LogP contribution in [0, 0.1) is 0 Å². The molecule has 1 aliphatic rings. The zero-order valence-corrected chi connectivity index (χ0v) is 19.3. The van der Waals surface area contributed by atoms with Gasteiger partial charge in [-0.2, -0.15) is 4.98 Å². The van der Waals surface area contributed by atoms with Gasteiger partial charge in [-0.05, 0) is 50.1 Å². The van der Waals surface area contributed by atoms with Crippen LogP contribution in [-0.2, 0) is 0 Å². The van der Waals surface area contributed by atoms with Crippen LogP contribution in [0.3, 0.4) is 0 Å². The summed E-state index contributed by atoms with van der Waals surface area (Å²) < 4.78 is 16.6. The molecular weight excluding hydrogens is 420 g/mol. The summed E-state index contributed by atoms with van der Waals surface area (Å²) in [6.07, 6.45) is 0.824. The minimum Gasteiger partial charge on any atom is -0.497 e. The minimum absolute atomic E-state index is 0.149. The smallest absolute Gasteiger partial charge is 0.322 e. The number of carbonyl (C=O) groups excluding carboxylic acids is 1. The molecule has 0 saturated carbocycles. The Morgan fingerprint density at radius 1 is 1.12 bits per heavy atom. The lowest BCUT2D eigenvalue weighted by molar-refractivity contribution is 0.205. The molecule has 0 bridgehead atoms. The SMILES string of the molecule is CCCN1C(=O)NC(c2ccc(OCC)cc2)C(c2nc(-c3cccc(OC)c3)no2)=C1C. The number of nitrogens with one attached hydrogen (secondary N) is 1. The topological polar surface area (TPSA) is 89.7 Å². The zero-order chi connectivity index (χ0) is 23.4. The van der Waals surface area contributed by atoms with Crippen molar-refractivity contribution in [2.45, 2.75) is 33.2 Å². The molecule has 1 aliphatic heterocycles. The summed E-state index contributed by atoms with van der Waals surface area (Å²) >= 11 is 0. The maximum atomic E-state index is 12.9. The average molecular weight is 449 g/mol. The Morgan fingerprint density at radius 2 is 1.91 bits per heavy atom. The highest BCUT2D eigenvalue weighted by molar-refractivity contribution is 5.86. The number of hydrogen-bond donors (Lipinski definition) is 1. The van der Waals surface area contributed by atoms with Crippen molar-refractivity contribution < 1.29 is 18.8 Å². The number of hydrogen-bond acceptors (Lipinski definition) is 6. The van der Waals surface area contributed by atoms with Gasteiger partial charge in [-0.25, -0.2) is 4.79 Å². The van der Waals surface area contributed by atoms with Crippen molar-refractivity contribution in [2.75, 3.05) is 20.3 Å². The quantitative estimate of drug-likeness (QED) is 0.519. The molecule has 8 nitrogen and oxygen atoms in total. The van der Waals surface area contributed by atoms with Crippen LogP contribution in [0.4, 0.5) is 4.79 Å². The van der Waals surface area contributed by atoms with Crippen molar-refractivity contribution in [1.29, 1.82) is 0 Å². The van der Waals surface area contributed by atoms with Crippen molar-refractivity contribution in [3.8, 4) is 22.9 Å². The number of rotatable bonds is 8. The van der Waals surface area contributed by atoms with E-state index in [0.29, 0.717) is 30.6 Å². The van der Waals surface area contributed by atoms with Crippen molar-refractivity contribution in [1.82, 2.24) is 20.4 Å². The summed E-state index contributed by atoms with van der Waals surface area (Å²) in [5, 5.41) is 7.31. The van der Waals surface area contributed by atoms with E-state index in [1.807, 2.05) is 69.3 Å². The summed E-state index contributed by atoms with van der Waals surface area (Å²) in [5.74, 6) is 2.30. The van der Waals surface area contributed by atoms with E-state index in [1.54, 1.807) is 12.0 Å². The fourth-order valence-corrected chi connectivity index (χ4v) is 3.94. The number of aromatic nitrogens is 2. The lowest BCUT2D eigenvalue weighted by Gasteiger charge is -2.35. The summed E-state index contributed by atoms with van der Waals surface area (Å²) in [6.45, 7) is 7.07. The van der Waals surface area contributed by atoms with Gasteiger partial charge in [0.25, 0.3) is 5.89 Å². The summed E-state index contributed by atoms with van der Waals surface area (Å²) in [5.41, 5.74) is 3.25. The van der Waals surface area contributed by atoms with Crippen LogP contribution in [0.5, 0.6) is 11.5 Å². The van der Waals surface area contributed by atoms with Crippen molar-refractivity contribution in [3.05, 3.63) is 65.7 Å². The van der Waals surface area contributed by atoms with E-state index in [9.17, 15) is 4.79 Å².